The van der Waals surface area contributed by atoms with Gasteiger partial charge in [0.15, 0.2) is 0 Å². The molecule has 0 unspecified atom stereocenters. The predicted octanol–water partition coefficient (Wildman–Crippen LogP) is 1.29. The number of amides is 1. The van der Waals surface area contributed by atoms with Gasteiger partial charge in [0, 0.05) is 26.2 Å². The zero-order valence-corrected chi connectivity index (χ0v) is 11.6. The second-order valence-corrected chi connectivity index (χ2v) is 5.12. The van der Waals surface area contributed by atoms with Gasteiger partial charge < -0.3 is 14.5 Å². The number of carbonyl (C=O) groups excluding carboxylic acids is 1. The van der Waals surface area contributed by atoms with Gasteiger partial charge in [-0.1, -0.05) is 6.92 Å². The highest BCUT2D eigenvalue weighted by molar-refractivity contribution is 5.94. The van der Waals surface area contributed by atoms with Crippen LogP contribution >= 0.6 is 0 Å². The highest BCUT2D eigenvalue weighted by Crippen LogP contribution is 2.08. The first-order valence-electron chi connectivity index (χ1n) is 6.79. The molecule has 1 aliphatic rings. The summed E-state index contributed by atoms with van der Waals surface area (Å²) in [5.41, 5.74) is 0.624. The van der Waals surface area contributed by atoms with Gasteiger partial charge in [0.1, 0.15) is 5.76 Å². The normalized spacial score (nSPS) is 18.2. The Labute approximate surface area is 113 Å². The molecule has 0 aliphatic carbocycles. The molecule has 19 heavy (non-hydrogen) atoms. The second-order valence-electron chi connectivity index (χ2n) is 5.12. The van der Waals surface area contributed by atoms with E-state index < -0.39 is 0 Å². The number of hydrogen-bond acceptors (Lipinski definition) is 4. The summed E-state index contributed by atoms with van der Waals surface area (Å²) in [4.78, 5) is 14.3. The predicted molar refractivity (Wildman–Crippen MR) is 72.2 cm³/mol. The first kappa shape index (κ1) is 14.1. The molecule has 1 atom stereocenters. The zero-order valence-electron chi connectivity index (χ0n) is 11.6. The van der Waals surface area contributed by atoms with Crippen molar-refractivity contribution >= 4 is 5.91 Å². The van der Waals surface area contributed by atoms with E-state index in [2.05, 4.69) is 17.1 Å². The van der Waals surface area contributed by atoms with Crippen LogP contribution in [0.1, 0.15) is 23.0 Å². The average molecular weight is 266 g/mol. The Morgan fingerprint density at radius 2 is 2.21 bits per heavy atom. The molecule has 2 heterocycles. The lowest BCUT2D eigenvalue weighted by molar-refractivity contribution is 0.0317. The maximum Gasteiger partial charge on any atom is 0.254 e. The van der Waals surface area contributed by atoms with Crippen molar-refractivity contribution in [2.24, 2.45) is 5.92 Å². The van der Waals surface area contributed by atoms with Crippen LogP contribution in [0.25, 0.3) is 0 Å². The summed E-state index contributed by atoms with van der Waals surface area (Å²) < 4.78 is 10.5. The summed E-state index contributed by atoms with van der Waals surface area (Å²) in [7, 11) is 0. The van der Waals surface area contributed by atoms with E-state index >= 15 is 0 Å². The summed E-state index contributed by atoms with van der Waals surface area (Å²) in [5.74, 6) is 1.03. The van der Waals surface area contributed by atoms with Gasteiger partial charge in [-0.2, -0.15) is 0 Å². The van der Waals surface area contributed by atoms with Gasteiger partial charge in [-0.05, 0) is 18.9 Å². The van der Waals surface area contributed by atoms with Crippen LogP contribution in [0.15, 0.2) is 16.7 Å². The molecule has 0 radical (unpaired) electrons. The Hall–Kier alpha value is -1.33. The number of aryl methyl sites for hydroxylation is 1. The number of ether oxygens (including phenoxy) is 1. The molecular formula is C14H22N2O3. The molecule has 1 aromatic rings. The second kappa shape index (κ2) is 6.73. The van der Waals surface area contributed by atoms with Crippen molar-refractivity contribution < 1.29 is 13.9 Å². The van der Waals surface area contributed by atoms with Crippen molar-refractivity contribution in [1.29, 1.82) is 0 Å². The minimum absolute atomic E-state index is 0.0555. The van der Waals surface area contributed by atoms with Gasteiger partial charge in [0.05, 0.1) is 25.0 Å². The van der Waals surface area contributed by atoms with Crippen molar-refractivity contribution in [2.45, 2.75) is 13.8 Å². The topological polar surface area (TPSA) is 54.7 Å². The molecule has 1 amide bonds. The van der Waals surface area contributed by atoms with Crippen LogP contribution in [0.5, 0.6) is 0 Å². The van der Waals surface area contributed by atoms with Crippen molar-refractivity contribution in [3.8, 4) is 0 Å². The lowest BCUT2D eigenvalue weighted by atomic mass is 10.1. The van der Waals surface area contributed by atoms with Crippen LogP contribution in [0.3, 0.4) is 0 Å². The summed E-state index contributed by atoms with van der Waals surface area (Å²) in [6.45, 7) is 9.22. The first-order chi connectivity index (χ1) is 9.16. The van der Waals surface area contributed by atoms with Crippen LogP contribution in [0, 0.1) is 12.8 Å². The molecule has 0 spiro atoms. The Balaban J connectivity index is 1.72. The number of carbonyl (C=O) groups is 1. The Bertz CT molecular complexity index is 411. The Morgan fingerprint density at radius 3 is 2.84 bits per heavy atom. The van der Waals surface area contributed by atoms with Crippen LogP contribution < -0.4 is 5.32 Å². The smallest absolute Gasteiger partial charge is 0.254 e. The molecule has 1 aromatic heterocycles. The molecular weight excluding hydrogens is 244 g/mol. The van der Waals surface area contributed by atoms with Crippen molar-refractivity contribution in [1.82, 2.24) is 10.2 Å². The van der Waals surface area contributed by atoms with Gasteiger partial charge in [-0.15, -0.1) is 0 Å². The third kappa shape index (κ3) is 4.08. The average Bonchev–Trinajstić information content (AvgIpc) is 2.83. The van der Waals surface area contributed by atoms with Crippen molar-refractivity contribution in [3.63, 3.8) is 0 Å². The number of morpholine rings is 1. The number of nitrogens with zero attached hydrogens (tertiary/aromatic N) is 1. The maximum absolute atomic E-state index is 11.9. The lowest BCUT2D eigenvalue weighted by Crippen LogP contribution is -2.41. The Morgan fingerprint density at radius 1 is 1.47 bits per heavy atom. The largest absolute Gasteiger partial charge is 0.469 e. The van der Waals surface area contributed by atoms with Gasteiger partial charge in [-0.3, -0.25) is 9.69 Å². The van der Waals surface area contributed by atoms with Gasteiger partial charge in [0.25, 0.3) is 5.91 Å². The summed E-state index contributed by atoms with van der Waals surface area (Å²) >= 11 is 0. The number of hydrogen-bond donors (Lipinski definition) is 1. The van der Waals surface area contributed by atoms with E-state index in [-0.39, 0.29) is 5.91 Å². The number of rotatable bonds is 5. The number of furan rings is 1. The molecule has 106 valence electrons. The quantitative estimate of drug-likeness (QED) is 0.872. The molecule has 1 fully saturated rings. The zero-order chi connectivity index (χ0) is 13.7. The van der Waals surface area contributed by atoms with E-state index in [1.807, 2.05) is 0 Å². The fourth-order valence-electron chi connectivity index (χ4n) is 2.27. The Kier molecular flexibility index (Phi) is 4.99. The highest BCUT2D eigenvalue weighted by atomic mass is 16.5. The molecule has 2 rings (SSSR count). The fraction of sp³-hybridized carbons (Fsp3) is 0.643. The minimum Gasteiger partial charge on any atom is -0.469 e. The van der Waals surface area contributed by atoms with Crippen LogP contribution in [0.2, 0.25) is 0 Å². The summed E-state index contributed by atoms with van der Waals surface area (Å²) in [6.07, 6.45) is 1.54. The molecule has 5 heteroatoms. The van der Waals surface area contributed by atoms with E-state index in [0.717, 1.165) is 32.8 Å². The molecule has 5 nitrogen and oxygen atoms in total. The molecule has 0 bridgehead atoms. The molecule has 1 aliphatic heterocycles. The summed E-state index contributed by atoms with van der Waals surface area (Å²) in [6, 6.07) is 1.71. The van der Waals surface area contributed by atoms with Crippen molar-refractivity contribution in [2.75, 3.05) is 39.4 Å². The minimum atomic E-state index is -0.0555. The van der Waals surface area contributed by atoms with Crippen LogP contribution in [0.4, 0.5) is 0 Å². The molecule has 1 N–H and O–H groups in total. The molecule has 0 saturated carbocycles. The van der Waals surface area contributed by atoms with E-state index in [0.29, 0.717) is 23.8 Å². The maximum atomic E-state index is 11.9. The lowest BCUT2D eigenvalue weighted by Gasteiger charge is -2.29. The SMILES string of the molecule is Cc1occc1C(=O)NC[C@H](C)CN1CCOCC1. The third-order valence-corrected chi connectivity index (χ3v) is 3.39. The molecule has 0 aromatic carbocycles. The van der Waals surface area contributed by atoms with E-state index in [1.165, 1.54) is 0 Å². The van der Waals surface area contributed by atoms with E-state index in [9.17, 15) is 4.79 Å². The van der Waals surface area contributed by atoms with E-state index in [4.69, 9.17) is 9.15 Å². The van der Waals surface area contributed by atoms with Crippen LogP contribution in [-0.2, 0) is 4.74 Å². The first-order valence-corrected chi connectivity index (χ1v) is 6.79. The van der Waals surface area contributed by atoms with Gasteiger partial charge in [-0.25, -0.2) is 0 Å². The monoisotopic (exact) mass is 266 g/mol. The van der Waals surface area contributed by atoms with Crippen LogP contribution in [-0.4, -0.2) is 50.2 Å². The standard InChI is InChI=1S/C14H22N2O3/c1-11(10-16-4-7-18-8-5-16)9-15-14(17)13-3-6-19-12(13)2/h3,6,11H,4-5,7-10H2,1-2H3,(H,15,17)/t11-/m0/s1. The molecule has 1 saturated heterocycles. The van der Waals surface area contributed by atoms with Gasteiger partial charge >= 0.3 is 0 Å². The third-order valence-electron chi connectivity index (χ3n) is 3.39. The summed E-state index contributed by atoms with van der Waals surface area (Å²) in [5, 5.41) is 2.96. The van der Waals surface area contributed by atoms with E-state index in [1.54, 1.807) is 19.3 Å². The number of nitrogens with one attached hydrogen (secondary N) is 1. The highest BCUT2D eigenvalue weighted by Gasteiger charge is 2.16. The fourth-order valence-corrected chi connectivity index (χ4v) is 2.27. The van der Waals surface area contributed by atoms with Crippen molar-refractivity contribution in [3.05, 3.63) is 23.7 Å². The van der Waals surface area contributed by atoms with Gasteiger partial charge in [0.2, 0.25) is 0 Å².